The number of carbonyl (C=O) groups is 2. The Bertz CT molecular complexity index is 719. The predicted molar refractivity (Wildman–Crippen MR) is 72.3 cm³/mol. The molecule has 0 fully saturated rings. The number of furan rings is 1. The van der Waals surface area contributed by atoms with Gasteiger partial charge in [-0.2, -0.15) is 0 Å². The van der Waals surface area contributed by atoms with Gasteiger partial charge in [0.1, 0.15) is 11.1 Å². The largest absolute Gasteiger partial charge is 0.465 e. The standard InChI is InChI=1S/C14H11NO7/c1-20-13(16)10-6-7-21-12(10)8-22-14(17)9-4-2-3-5-11(9)15(18)19/h2-7H,8H2,1H3. The molecule has 114 valence electrons. The highest BCUT2D eigenvalue weighted by molar-refractivity contribution is 5.94. The molecule has 8 nitrogen and oxygen atoms in total. The van der Waals surface area contributed by atoms with E-state index >= 15 is 0 Å². The molecule has 0 aliphatic heterocycles. The molecular weight excluding hydrogens is 294 g/mol. The molecule has 0 amide bonds. The fraction of sp³-hybridized carbons (Fsp3) is 0.143. The predicted octanol–water partition coefficient (Wildman–Crippen LogP) is 2.33. The first-order chi connectivity index (χ1) is 10.5. The molecule has 0 saturated carbocycles. The van der Waals surface area contributed by atoms with Crippen LogP contribution in [0.3, 0.4) is 0 Å². The van der Waals surface area contributed by atoms with Crippen LogP contribution in [0.2, 0.25) is 0 Å². The Hall–Kier alpha value is -3.16. The molecule has 0 atom stereocenters. The molecule has 0 aliphatic rings. The van der Waals surface area contributed by atoms with Crippen molar-refractivity contribution in [3.8, 4) is 0 Å². The third kappa shape index (κ3) is 3.11. The summed E-state index contributed by atoms with van der Waals surface area (Å²) >= 11 is 0. The van der Waals surface area contributed by atoms with Crippen LogP contribution in [0.25, 0.3) is 0 Å². The lowest BCUT2D eigenvalue weighted by molar-refractivity contribution is -0.385. The minimum absolute atomic E-state index is 0.0961. The van der Waals surface area contributed by atoms with E-state index in [2.05, 4.69) is 4.74 Å². The summed E-state index contributed by atoms with van der Waals surface area (Å²) in [5.74, 6) is -1.43. The first-order valence-corrected chi connectivity index (χ1v) is 6.09. The average molecular weight is 305 g/mol. The van der Waals surface area contributed by atoms with Crippen molar-refractivity contribution in [3.05, 3.63) is 63.6 Å². The van der Waals surface area contributed by atoms with Gasteiger partial charge in [-0.25, -0.2) is 9.59 Å². The van der Waals surface area contributed by atoms with Crippen molar-refractivity contribution in [1.29, 1.82) is 0 Å². The molecule has 0 aliphatic carbocycles. The van der Waals surface area contributed by atoms with Gasteiger partial charge >= 0.3 is 11.9 Å². The van der Waals surface area contributed by atoms with Crippen LogP contribution < -0.4 is 0 Å². The van der Waals surface area contributed by atoms with E-state index in [1.807, 2.05) is 0 Å². The lowest BCUT2D eigenvalue weighted by atomic mass is 10.2. The summed E-state index contributed by atoms with van der Waals surface area (Å²) in [6, 6.07) is 6.78. The van der Waals surface area contributed by atoms with Crippen molar-refractivity contribution in [2.45, 2.75) is 6.61 Å². The van der Waals surface area contributed by atoms with Crippen LogP contribution in [0, 0.1) is 10.1 Å². The van der Waals surface area contributed by atoms with Crippen LogP contribution in [-0.4, -0.2) is 24.0 Å². The lowest BCUT2D eigenvalue weighted by Crippen LogP contribution is -2.10. The second-order valence-electron chi connectivity index (χ2n) is 4.10. The van der Waals surface area contributed by atoms with Gasteiger partial charge in [-0.3, -0.25) is 10.1 Å². The number of nitro benzene ring substituents is 1. The van der Waals surface area contributed by atoms with Gasteiger partial charge in [0.2, 0.25) is 0 Å². The molecule has 0 spiro atoms. The zero-order chi connectivity index (χ0) is 16.1. The molecule has 1 aromatic carbocycles. The zero-order valence-electron chi connectivity index (χ0n) is 11.5. The molecule has 0 bridgehead atoms. The van der Waals surface area contributed by atoms with Crippen LogP contribution in [0.4, 0.5) is 5.69 Å². The van der Waals surface area contributed by atoms with Crippen molar-refractivity contribution in [1.82, 2.24) is 0 Å². The molecule has 1 heterocycles. The van der Waals surface area contributed by atoms with E-state index in [1.54, 1.807) is 0 Å². The Morgan fingerprint density at radius 3 is 2.59 bits per heavy atom. The summed E-state index contributed by atoms with van der Waals surface area (Å²) in [4.78, 5) is 33.6. The van der Waals surface area contributed by atoms with E-state index < -0.39 is 16.9 Å². The van der Waals surface area contributed by atoms with Gasteiger partial charge < -0.3 is 13.9 Å². The Morgan fingerprint density at radius 2 is 1.91 bits per heavy atom. The number of nitro groups is 1. The van der Waals surface area contributed by atoms with Gasteiger partial charge in [-0.1, -0.05) is 12.1 Å². The van der Waals surface area contributed by atoms with Crippen LogP contribution >= 0.6 is 0 Å². The smallest absolute Gasteiger partial charge is 0.345 e. The first-order valence-electron chi connectivity index (χ1n) is 6.09. The number of nitrogens with zero attached hydrogens (tertiary/aromatic N) is 1. The summed E-state index contributed by atoms with van der Waals surface area (Å²) in [7, 11) is 1.21. The van der Waals surface area contributed by atoms with Crippen molar-refractivity contribution >= 4 is 17.6 Å². The molecule has 2 aromatic rings. The topological polar surface area (TPSA) is 109 Å². The molecule has 0 unspecified atom stereocenters. The van der Waals surface area contributed by atoms with Crippen molar-refractivity contribution < 1.29 is 28.4 Å². The van der Waals surface area contributed by atoms with Gasteiger partial charge in [0.25, 0.3) is 5.69 Å². The molecule has 8 heteroatoms. The van der Waals surface area contributed by atoms with Gasteiger partial charge in [0, 0.05) is 6.07 Å². The Balaban J connectivity index is 2.13. The first kappa shape index (κ1) is 15.2. The van der Waals surface area contributed by atoms with Crippen LogP contribution in [0.15, 0.2) is 41.0 Å². The van der Waals surface area contributed by atoms with Crippen LogP contribution in [-0.2, 0) is 16.1 Å². The minimum atomic E-state index is -0.889. The van der Waals surface area contributed by atoms with Gasteiger partial charge in [-0.05, 0) is 12.1 Å². The minimum Gasteiger partial charge on any atom is -0.465 e. The second-order valence-corrected chi connectivity index (χ2v) is 4.10. The van der Waals surface area contributed by atoms with Crippen LogP contribution in [0.1, 0.15) is 26.5 Å². The summed E-state index contributed by atoms with van der Waals surface area (Å²) in [5, 5.41) is 10.9. The number of benzene rings is 1. The molecule has 22 heavy (non-hydrogen) atoms. The number of esters is 2. The lowest BCUT2D eigenvalue weighted by Gasteiger charge is -2.05. The summed E-state index contributed by atoms with van der Waals surface area (Å²) in [6.45, 7) is -0.345. The van der Waals surface area contributed by atoms with Crippen molar-refractivity contribution in [3.63, 3.8) is 0 Å². The Labute approximate surface area is 124 Å². The van der Waals surface area contributed by atoms with E-state index in [1.165, 1.54) is 43.7 Å². The van der Waals surface area contributed by atoms with Gasteiger partial charge in [0.15, 0.2) is 12.4 Å². The van der Waals surface area contributed by atoms with Crippen molar-refractivity contribution in [2.75, 3.05) is 7.11 Å². The average Bonchev–Trinajstić information content (AvgIpc) is 3.00. The summed E-state index contributed by atoms with van der Waals surface area (Å²) in [6.07, 6.45) is 1.25. The normalized spacial score (nSPS) is 10.0. The Morgan fingerprint density at radius 1 is 1.18 bits per heavy atom. The highest BCUT2D eigenvalue weighted by Crippen LogP contribution is 2.20. The number of hydrogen-bond donors (Lipinski definition) is 0. The Kier molecular flexibility index (Phi) is 4.52. The fourth-order valence-electron chi connectivity index (χ4n) is 1.76. The molecule has 1 aromatic heterocycles. The molecule has 0 saturated heterocycles. The second kappa shape index (κ2) is 6.53. The maximum atomic E-state index is 11.9. The van der Waals surface area contributed by atoms with E-state index in [-0.39, 0.29) is 29.2 Å². The number of carbonyl (C=O) groups excluding carboxylic acids is 2. The maximum Gasteiger partial charge on any atom is 0.345 e. The maximum absolute atomic E-state index is 11.9. The molecule has 0 radical (unpaired) electrons. The highest BCUT2D eigenvalue weighted by atomic mass is 16.6. The molecule has 2 rings (SSSR count). The van der Waals surface area contributed by atoms with E-state index in [9.17, 15) is 19.7 Å². The van der Waals surface area contributed by atoms with Crippen molar-refractivity contribution in [2.24, 2.45) is 0 Å². The fourth-order valence-corrected chi connectivity index (χ4v) is 1.76. The molecular formula is C14H11NO7. The van der Waals surface area contributed by atoms with E-state index in [0.29, 0.717) is 0 Å². The SMILES string of the molecule is COC(=O)c1ccoc1COC(=O)c1ccccc1[N+](=O)[O-]. The van der Waals surface area contributed by atoms with E-state index in [0.717, 1.165) is 0 Å². The number of hydrogen-bond acceptors (Lipinski definition) is 7. The number of methoxy groups -OCH3 is 1. The highest BCUT2D eigenvalue weighted by Gasteiger charge is 2.22. The number of ether oxygens (including phenoxy) is 2. The third-order valence-corrected chi connectivity index (χ3v) is 2.81. The summed E-state index contributed by atoms with van der Waals surface area (Å²) < 4.78 is 14.5. The number of para-hydroxylation sites is 1. The third-order valence-electron chi connectivity index (χ3n) is 2.81. The zero-order valence-corrected chi connectivity index (χ0v) is 11.5. The summed E-state index contributed by atoms with van der Waals surface area (Å²) in [5.41, 5.74) is -0.420. The quantitative estimate of drug-likeness (QED) is 0.473. The van der Waals surface area contributed by atoms with Gasteiger partial charge in [0.05, 0.1) is 18.3 Å². The number of rotatable bonds is 5. The van der Waals surface area contributed by atoms with E-state index in [4.69, 9.17) is 9.15 Å². The monoisotopic (exact) mass is 305 g/mol. The molecule has 0 N–H and O–H groups in total. The van der Waals surface area contributed by atoms with Gasteiger partial charge in [-0.15, -0.1) is 0 Å². The van der Waals surface area contributed by atoms with Crippen LogP contribution in [0.5, 0.6) is 0 Å².